The molecule has 0 heterocycles. The average molecular weight is 343 g/mol. The summed E-state index contributed by atoms with van der Waals surface area (Å²) in [5.41, 5.74) is 5.87. The van der Waals surface area contributed by atoms with Crippen molar-refractivity contribution >= 4 is 11.6 Å². The van der Waals surface area contributed by atoms with E-state index in [9.17, 15) is 4.39 Å². The van der Waals surface area contributed by atoms with Crippen molar-refractivity contribution in [3.05, 3.63) is 71.0 Å². The fourth-order valence-electron chi connectivity index (χ4n) is 3.71. The van der Waals surface area contributed by atoms with Crippen LogP contribution in [0, 0.1) is 11.7 Å². The summed E-state index contributed by atoms with van der Waals surface area (Å²) in [4.78, 5) is 0. The molecule has 1 aliphatic rings. The summed E-state index contributed by atoms with van der Waals surface area (Å²) in [6.45, 7) is 1.98. The normalized spacial score (nSPS) is 21.3. The molecule has 1 aliphatic carbocycles. The van der Waals surface area contributed by atoms with Crippen molar-refractivity contribution in [3.63, 3.8) is 0 Å². The maximum atomic E-state index is 14.0. The van der Waals surface area contributed by atoms with E-state index in [1.807, 2.05) is 19.1 Å². The van der Waals surface area contributed by atoms with E-state index in [-0.39, 0.29) is 5.82 Å². The highest BCUT2D eigenvalue weighted by Crippen LogP contribution is 2.37. The van der Waals surface area contributed by atoms with Gasteiger partial charge in [-0.05, 0) is 72.3 Å². The van der Waals surface area contributed by atoms with Crippen LogP contribution >= 0.6 is 11.6 Å². The zero-order valence-corrected chi connectivity index (χ0v) is 14.9. The minimum Gasteiger partial charge on any atom is -0.207 e. The molecule has 126 valence electrons. The number of aryl methyl sites for hydroxylation is 1. The Morgan fingerprint density at radius 1 is 1.00 bits per heavy atom. The van der Waals surface area contributed by atoms with Gasteiger partial charge >= 0.3 is 0 Å². The Morgan fingerprint density at radius 2 is 1.67 bits per heavy atom. The van der Waals surface area contributed by atoms with Crippen LogP contribution in [0.4, 0.5) is 4.39 Å². The van der Waals surface area contributed by atoms with Crippen LogP contribution in [-0.4, -0.2) is 0 Å². The van der Waals surface area contributed by atoms with Crippen LogP contribution in [0.2, 0.25) is 0 Å². The van der Waals surface area contributed by atoms with Gasteiger partial charge in [0.05, 0.1) is 0 Å². The molecule has 0 saturated heterocycles. The Bertz CT molecular complexity index is 694. The van der Waals surface area contributed by atoms with Crippen molar-refractivity contribution in [3.8, 4) is 11.1 Å². The summed E-state index contributed by atoms with van der Waals surface area (Å²) in [5.74, 6) is 1.17. The third-order valence-electron chi connectivity index (χ3n) is 5.27. The molecule has 3 rings (SSSR count). The van der Waals surface area contributed by atoms with E-state index < -0.39 is 0 Å². The Hall–Kier alpha value is -1.60. The largest absolute Gasteiger partial charge is 0.207 e. The van der Waals surface area contributed by atoms with Crippen LogP contribution in [0.5, 0.6) is 0 Å². The van der Waals surface area contributed by atoms with E-state index in [4.69, 9.17) is 11.6 Å². The molecule has 0 bridgehead atoms. The van der Waals surface area contributed by atoms with Gasteiger partial charge in [-0.25, -0.2) is 4.39 Å². The quantitative estimate of drug-likeness (QED) is 0.556. The second-order valence-electron chi connectivity index (χ2n) is 6.71. The van der Waals surface area contributed by atoms with Crippen molar-refractivity contribution in [1.82, 2.24) is 0 Å². The van der Waals surface area contributed by atoms with Gasteiger partial charge < -0.3 is 0 Å². The maximum absolute atomic E-state index is 14.0. The molecular formula is C22H24ClF. The fraction of sp³-hybridized carbons (Fsp3) is 0.364. The van der Waals surface area contributed by atoms with Crippen LogP contribution < -0.4 is 0 Å². The second-order valence-corrected chi connectivity index (χ2v) is 6.96. The number of benzene rings is 2. The van der Waals surface area contributed by atoms with Gasteiger partial charge in [0.2, 0.25) is 0 Å². The number of allylic oxidation sites excluding steroid dienone is 1. The first-order valence-electron chi connectivity index (χ1n) is 8.87. The highest BCUT2D eigenvalue weighted by Gasteiger charge is 2.20. The standard InChI is InChI=1S/C22H24ClF/c1-2-17-7-12-21(15-22(17)24)20-10-8-19(9-11-20)18-5-3-16(4-6-18)13-14-23/h7-16,18H,2-6H2,1H3/b14-13+/t16-,18-. The first-order valence-corrected chi connectivity index (χ1v) is 9.30. The molecular weight excluding hydrogens is 319 g/mol. The van der Waals surface area contributed by atoms with Gasteiger partial charge in [-0.1, -0.05) is 61.0 Å². The molecule has 0 unspecified atom stereocenters. The number of halogens is 2. The zero-order chi connectivity index (χ0) is 16.9. The second kappa shape index (κ2) is 7.98. The Labute approximate surface area is 149 Å². The molecule has 2 heteroatoms. The summed E-state index contributed by atoms with van der Waals surface area (Å²) in [5, 5.41) is 0. The number of rotatable bonds is 4. The smallest absolute Gasteiger partial charge is 0.127 e. The average Bonchev–Trinajstić information content (AvgIpc) is 2.63. The monoisotopic (exact) mass is 342 g/mol. The third kappa shape index (κ3) is 3.89. The van der Waals surface area contributed by atoms with Gasteiger partial charge in [0.15, 0.2) is 0 Å². The molecule has 0 aromatic heterocycles. The van der Waals surface area contributed by atoms with Gasteiger partial charge in [-0.15, -0.1) is 0 Å². The van der Waals surface area contributed by atoms with Crippen molar-refractivity contribution in [1.29, 1.82) is 0 Å². The highest BCUT2D eigenvalue weighted by atomic mass is 35.5. The third-order valence-corrected chi connectivity index (χ3v) is 5.41. The van der Waals surface area contributed by atoms with E-state index in [1.165, 1.54) is 31.2 Å². The minimum atomic E-state index is -0.107. The van der Waals surface area contributed by atoms with Gasteiger partial charge in [0, 0.05) is 5.54 Å². The Kier molecular flexibility index (Phi) is 5.73. The summed E-state index contributed by atoms with van der Waals surface area (Å²) in [7, 11) is 0. The van der Waals surface area contributed by atoms with Gasteiger partial charge in [-0.3, -0.25) is 0 Å². The zero-order valence-electron chi connectivity index (χ0n) is 14.1. The van der Waals surface area contributed by atoms with Crippen molar-refractivity contribution in [2.45, 2.75) is 44.9 Å². The number of hydrogen-bond acceptors (Lipinski definition) is 0. The predicted octanol–water partition coefficient (Wildman–Crippen LogP) is 7.08. The van der Waals surface area contributed by atoms with Gasteiger partial charge in [0.1, 0.15) is 5.82 Å². The van der Waals surface area contributed by atoms with E-state index in [0.717, 1.165) is 23.1 Å². The predicted molar refractivity (Wildman–Crippen MR) is 101 cm³/mol. The van der Waals surface area contributed by atoms with Gasteiger partial charge in [-0.2, -0.15) is 0 Å². The maximum Gasteiger partial charge on any atom is 0.127 e. The molecule has 0 nitrogen and oxygen atoms in total. The molecule has 2 aromatic carbocycles. The lowest BCUT2D eigenvalue weighted by molar-refractivity contribution is 0.376. The fourth-order valence-corrected chi connectivity index (χ4v) is 3.91. The molecule has 0 spiro atoms. The highest BCUT2D eigenvalue weighted by molar-refractivity contribution is 6.25. The van der Waals surface area contributed by atoms with E-state index in [0.29, 0.717) is 11.8 Å². The van der Waals surface area contributed by atoms with Crippen molar-refractivity contribution in [2.24, 2.45) is 5.92 Å². The molecule has 0 atom stereocenters. The summed E-state index contributed by atoms with van der Waals surface area (Å²) in [6, 6.07) is 14.2. The van der Waals surface area contributed by atoms with E-state index in [2.05, 4.69) is 30.3 Å². The molecule has 2 aromatic rings. The number of hydrogen-bond donors (Lipinski definition) is 0. The van der Waals surface area contributed by atoms with Crippen molar-refractivity contribution in [2.75, 3.05) is 0 Å². The molecule has 0 aliphatic heterocycles. The Morgan fingerprint density at radius 3 is 2.25 bits per heavy atom. The van der Waals surface area contributed by atoms with Crippen LogP contribution in [-0.2, 0) is 6.42 Å². The lowest BCUT2D eigenvalue weighted by atomic mass is 9.78. The van der Waals surface area contributed by atoms with E-state index in [1.54, 1.807) is 11.6 Å². The first kappa shape index (κ1) is 17.2. The molecule has 24 heavy (non-hydrogen) atoms. The van der Waals surface area contributed by atoms with Crippen LogP contribution in [0.25, 0.3) is 11.1 Å². The molecule has 0 amide bonds. The van der Waals surface area contributed by atoms with Gasteiger partial charge in [0.25, 0.3) is 0 Å². The summed E-state index contributed by atoms with van der Waals surface area (Å²) >= 11 is 5.69. The molecule has 1 fully saturated rings. The summed E-state index contributed by atoms with van der Waals surface area (Å²) < 4.78 is 14.0. The lowest BCUT2D eigenvalue weighted by Crippen LogP contribution is -2.11. The molecule has 1 saturated carbocycles. The molecule has 0 radical (unpaired) electrons. The topological polar surface area (TPSA) is 0 Å². The van der Waals surface area contributed by atoms with Crippen molar-refractivity contribution < 1.29 is 4.39 Å². The molecule has 0 N–H and O–H groups in total. The SMILES string of the molecule is CCc1ccc(-c2ccc([C@H]3CC[C@H](/C=C/Cl)CC3)cc2)cc1F. The van der Waals surface area contributed by atoms with Crippen LogP contribution in [0.3, 0.4) is 0 Å². The van der Waals surface area contributed by atoms with Crippen LogP contribution in [0.15, 0.2) is 54.1 Å². The van der Waals surface area contributed by atoms with Crippen LogP contribution in [0.1, 0.15) is 49.7 Å². The minimum absolute atomic E-state index is 0.107. The Balaban J connectivity index is 1.71. The first-order chi connectivity index (χ1) is 11.7. The summed E-state index contributed by atoms with van der Waals surface area (Å²) in [6.07, 6.45) is 7.69. The lowest BCUT2D eigenvalue weighted by Gasteiger charge is -2.27. The van der Waals surface area contributed by atoms with E-state index >= 15 is 0 Å².